The molecule has 26 heavy (non-hydrogen) atoms. The fourth-order valence-electron chi connectivity index (χ4n) is 3.06. The number of hydrogen-bond donors (Lipinski definition) is 2. The van der Waals surface area contributed by atoms with E-state index in [9.17, 15) is 18.0 Å². The fourth-order valence-corrected chi connectivity index (χ4v) is 3.06. The zero-order valence-electron chi connectivity index (χ0n) is 14.2. The summed E-state index contributed by atoms with van der Waals surface area (Å²) in [4.78, 5) is 16.4. The first-order valence-electron chi connectivity index (χ1n) is 8.72. The number of aromatic nitrogens is 1. The summed E-state index contributed by atoms with van der Waals surface area (Å²) in [6, 6.07) is 5.34. The largest absolute Gasteiger partial charge is 0.367 e. The van der Waals surface area contributed by atoms with Crippen LogP contribution in [0.25, 0.3) is 0 Å². The van der Waals surface area contributed by atoms with Crippen molar-refractivity contribution in [2.75, 3.05) is 10.6 Å². The van der Waals surface area contributed by atoms with E-state index in [0.29, 0.717) is 11.9 Å². The van der Waals surface area contributed by atoms with Crippen molar-refractivity contribution in [3.05, 3.63) is 53.5 Å². The van der Waals surface area contributed by atoms with Crippen molar-refractivity contribution >= 4 is 17.4 Å². The molecular weight excluding hydrogens is 343 g/mol. The molecule has 1 aliphatic rings. The third-order valence-corrected chi connectivity index (χ3v) is 4.52. The van der Waals surface area contributed by atoms with Gasteiger partial charge in [-0.1, -0.05) is 25.7 Å². The molecule has 1 fully saturated rings. The summed E-state index contributed by atoms with van der Waals surface area (Å²) in [6.45, 7) is 0. The predicted molar refractivity (Wildman–Crippen MR) is 93.6 cm³/mol. The number of pyridine rings is 1. The molecule has 1 heterocycles. The Balaban J connectivity index is 1.64. The number of rotatable bonds is 4. The Hall–Kier alpha value is -2.57. The molecule has 0 atom stereocenters. The monoisotopic (exact) mass is 363 g/mol. The highest BCUT2D eigenvalue weighted by molar-refractivity contribution is 6.04. The summed E-state index contributed by atoms with van der Waals surface area (Å²) in [7, 11) is 0. The first kappa shape index (κ1) is 18.2. The number of carbonyl (C=O) groups is 1. The van der Waals surface area contributed by atoms with Gasteiger partial charge in [0.25, 0.3) is 5.91 Å². The van der Waals surface area contributed by atoms with Gasteiger partial charge in [-0.3, -0.25) is 4.79 Å². The lowest BCUT2D eigenvalue weighted by Crippen LogP contribution is -2.19. The normalized spacial score (nSPS) is 15.3. The molecule has 0 unspecified atom stereocenters. The first-order chi connectivity index (χ1) is 12.5. The molecule has 3 rings (SSSR count). The highest BCUT2D eigenvalue weighted by Crippen LogP contribution is 2.22. The molecule has 0 aliphatic heterocycles. The van der Waals surface area contributed by atoms with Crippen LogP contribution in [0.2, 0.25) is 0 Å². The molecule has 0 radical (unpaired) electrons. The quantitative estimate of drug-likeness (QED) is 0.601. The molecule has 1 aliphatic carbocycles. The average Bonchev–Trinajstić information content (AvgIpc) is 2.91. The fraction of sp³-hybridized carbons (Fsp3) is 0.368. The zero-order valence-corrected chi connectivity index (χ0v) is 14.2. The standard InChI is InChI=1S/C19H20F3N3O/c20-14-8-9-15(18(22)17(14)21)25-19(26)12-7-10-16(23-11-12)24-13-5-3-1-2-4-6-13/h7-11,13H,1-6H2,(H,23,24)(H,25,26). The topological polar surface area (TPSA) is 54.0 Å². The number of amides is 1. The summed E-state index contributed by atoms with van der Waals surface area (Å²) in [5.74, 6) is -4.34. The van der Waals surface area contributed by atoms with Gasteiger partial charge in [0.05, 0.1) is 11.3 Å². The van der Waals surface area contributed by atoms with Gasteiger partial charge in [-0.15, -0.1) is 0 Å². The Morgan fingerprint density at radius 1 is 0.962 bits per heavy atom. The minimum Gasteiger partial charge on any atom is -0.367 e. The van der Waals surface area contributed by atoms with Gasteiger partial charge in [0.15, 0.2) is 17.5 Å². The molecule has 0 saturated heterocycles. The van der Waals surface area contributed by atoms with E-state index in [2.05, 4.69) is 15.6 Å². The number of carbonyl (C=O) groups excluding carboxylic acids is 1. The Labute approximate surface area is 149 Å². The van der Waals surface area contributed by atoms with Gasteiger partial charge < -0.3 is 10.6 Å². The van der Waals surface area contributed by atoms with Crippen LogP contribution >= 0.6 is 0 Å². The van der Waals surface area contributed by atoms with Crippen LogP contribution in [0.4, 0.5) is 24.7 Å². The lowest BCUT2D eigenvalue weighted by molar-refractivity contribution is 0.102. The van der Waals surface area contributed by atoms with Crippen LogP contribution in [-0.2, 0) is 0 Å². The van der Waals surface area contributed by atoms with Crippen molar-refractivity contribution in [3.8, 4) is 0 Å². The van der Waals surface area contributed by atoms with Crippen LogP contribution in [0.1, 0.15) is 48.9 Å². The minimum absolute atomic E-state index is 0.195. The summed E-state index contributed by atoms with van der Waals surface area (Å²) >= 11 is 0. The van der Waals surface area contributed by atoms with Crippen LogP contribution < -0.4 is 10.6 Å². The first-order valence-corrected chi connectivity index (χ1v) is 8.72. The van der Waals surface area contributed by atoms with Crippen molar-refractivity contribution in [2.45, 2.75) is 44.6 Å². The Morgan fingerprint density at radius 3 is 2.35 bits per heavy atom. The third kappa shape index (κ3) is 4.33. The number of nitrogens with zero attached hydrogens (tertiary/aromatic N) is 1. The molecule has 0 spiro atoms. The van der Waals surface area contributed by atoms with E-state index in [0.717, 1.165) is 25.0 Å². The minimum atomic E-state index is -1.62. The van der Waals surface area contributed by atoms with Gasteiger partial charge in [0.2, 0.25) is 0 Å². The smallest absolute Gasteiger partial charge is 0.257 e. The molecule has 7 heteroatoms. The predicted octanol–water partition coefficient (Wildman–Crippen LogP) is 4.89. The van der Waals surface area contributed by atoms with E-state index in [4.69, 9.17) is 0 Å². The summed E-state index contributed by atoms with van der Waals surface area (Å²) in [5, 5.41) is 5.59. The molecule has 4 nitrogen and oxygen atoms in total. The molecular formula is C19H20F3N3O. The lowest BCUT2D eigenvalue weighted by atomic mass is 10.1. The van der Waals surface area contributed by atoms with Crippen molar-refractivity contribution in [3.63, 3.8) is 0 Å². The molecule has 1 aromatic heterocycles. The Kier molecular flexibility index (Phi) is 5.75. The number of anilines is 2. The number of benzene rings is 1. The van der Waals surface area contributed by atoms with Gasteiger partial charge in [0, 0.05) is 12.2 Å². The van der Waals surface area contributed by atoms with E-state index in [1.807, 2.05) is 0 Å². The second-order valence-corrected chi connectivity index (χ2v) is 6.44. The van der Waals surface area contributed by atoms with Crippen molar-refractivity contribution < 1.29 is 18.0 Å². The molecule has 2 aromatic rings. The van der Waals surface area contributed by atoms with Crippen LogP contribution in [0.5, 0.6) is 0 Å². The maximum atomic E-state index is 13.6. The highest BCUT2D eigenvalue weighted by atomic mass is 19.2. The molecule has 1 aromatic carbocycles. The summed E-state index contributed by atoms with van der Waals surface area (Å²) in [5.41, 5.74) is -0.227. The SMILES string of the molecule is O=C(Nc1ccc(F)c(F)c1F)c1ccc(NC2CCCCCC2)nc1. The zero-order chi connectivity index (χ0) is 18.5. The van der Waals surface area contributed by atoms with Crippen LogP contribution in [-0.4, -0.2) is 16.9 Å². The maximum Gasteiger partial charge on any atom is 0.257 e. The molecule has 0 bridgehead atoms. The van der Waals surface area contributed by atoms with E-state index < -0.39 is 29.0 Å². The van der Waals surface area contributed by atoms with E-state index in [1.165, 1.54) is 31.9 Å². The molecule has 1 amide bonds. The van der Waals surface area contributed by atoms with Crippen LogP contribution in [0.15, 0.2) is 30.5 Å². The van der Waals surface area contributed by atoms with Crippen molar-refractivity contribution in [1.82, 2.24) is 4.98 Å². The van der Waals surface area contributed by atoms with Gasteiger partial charge in [-0.25, -0.2) is 18.2 Å². The Bertz CT molecular complexity index is 772. The van der Waals surface area contributed by atoms with Gasteiger partial charge in [-0.2, -0.15) is 0 Å². The lowest BCUT2D eigenvalue weighted by Gasteiger charge is -2.16. The number of nitrogens with one attached hydrogen (secondary N) is 2. The molecule has 138 valence electrons. The summed E-state index contributed by atoms with van der Waals surface area (Å²) in [6.07, 6.45) is 8.46. The maximum absolute atomic E-state index is 13.6. The van der Waals surface area contributed by atoms with Crippen LogP contribution in [0.3, 0.4) is 0 Å². The van der Waals surface area contributed by atoms with Gasteiger partial charge >= 0.3 is 0 Å². The molecule has 2 N–H and O–H groups in total. The van der Waals surface area contributed by atoms with E-state index >= 15 is 0 Å². The molecule has 1 saturated carbocycles. The second-order valence-electron chi connectivity index (χ2n) is 6.44. The highest BCUT2D eigenvalue weighted by Gasteiger charge is 2.17. The van der Waals surface area contributed by atoms with E-state index in [-0.39, 0.29) is 5.56 Å². The average molecular weight is 363 g/mol. The van der Waals surface area contributed by atoms with Gasteiger partial charge in [-0.05, 0) is 37.1 Å². The van der Waals surface area contributed by atoms with Crippen LogP contribution in [0, 0.1) is 17.5 Å². The third-order valence-electron chi connectivity index (χ3n) is 4.52. The Morgan fingerprint density at radius 2 is 1.69 bits per heavy atom. The van der Waals surface area contributed by atoms with Crippen molar-refractivity contribution in [1.29, 1.82) is 0 Å². The summed E-state index contributed by atoms with van der Waals surface area (Å²) < 4.78 is 39.8. The van der Waals surface area contributed by atoms with Gasteiger partial charge in [0.1, 0.15) is 5.82 Å². The number of halogens is 3. The van der Waals surface area contributed by atoms with Crippen molar-refractivity contribution in [2.24, 2.45) is 0 Å². The second kappa shape index (κ2) is 8.21. The van der Waals surface area contributed by atoms with E-state index in [1.54, 1.807) is 12.1 Å². The number of hydrogen-bond acceptors (Lipinski definition) is 3.